The van der Waals surface area contributed by atoms with Crippen molar-refractivity contribution in [3.63, 3.8) is 0 Å². The molecule has 0 fully saturated rings. The first kappa shape index (κ1) is 21.1. The van der Waals surface area contributed by atoms with Crippen LogP contribution >= 0.6 is 11.8 Å². The van der Waals surface area contributed by atoms with Gasteiger partial charge in [0.15, 0.2) is 5.16 Å². The number of fused-ring (bicyclic) bond motifs is 2. The van der Waals surface area contributed by atoms with Gasteiger partial charge in [-0.3, -0.25) is 20.4 Å². The van der Waals surface area contributed by atoms with Crippen LogP contribution in [0.15, 0.2) is 78.0 Å². The summed E-state index contributed by atoms with van der Waals surface area (Å²) >= 11 is 1.60. The summed E-state index contributed by atoms with van der Waals surface area (Å²) in [6, 6.07) is 22.9. The Morgan fingerprint density at radius 1 is 1.00 bits per heavy atom. The maximum Gasteiger partial charge on any atom is 0.269 e. The van der Waals surface area contributed by atoms with Gasteiger partial charge in [0.1, 0.15) is 12.4 Å². The number of carbonyl (C=O) groups excluding carboxylic acids is 2. The molecule has 1 aromatic heterocycles. The Morgan fingerprint density at radius 2 is 1.79 bits per heavy atom. The van der Waals surface area contributed by atoms with E-state index in [0.717, 1.165) is 38.8 Å². The van der Waals surface area contributed by atoms with E-state index >= 15 is 0 Å². The molecule has 0 radical (unpaired) electrons. The molecular weight excluding hydrogens is 436 g/mol. The van der Waals surface area contributed by atoms with Gasteiger partial charge in [0.2, 0.25) is 5.91 Å². The molecule has 0 saturated carbocycles. The summed E-state index contributed by atoms with van der Waals surface area (Å²) in [6.45, 7) is 0.288. The zero-order chi connectivity index (χ0) is 22.6. The summed E-state index contributed by atoms with van der Waals surface area (Å²) in [4.78, 5) is 32.8. The average Bonchev–Trinajstić information content (AvgIpc) is 3.29. The van der Waals surface area contributed by atoms with Crippen molar-refractivity contribution in [2.45, 2.75) is 17.3 Å². The first-order chi connectivity index (χ1) is 16.2. The Kier molecular flexibility index (Phi) is 5.99. The number of aromatic amines is 1. The Labute approximate surface area is 194 Å². The van der Waals surface area contributed by atoms with Gasteiger partial charge in [-0.1, -0.05) is 54.2 Å². The van der Waals surface area contributed by atoms with Gasteiger partial charge >= 0.3 is 0 Å². The second-order valence-corrected chi connectivity index (χ2v) is 8.77. The van der Waals surface area contributed by atoms with Crippen molar-refractivity contribution < 1.29 is 14.3 Å². The standard InChI is InChI=1S/C25H22N4O3S/c30-23(28-29-24(31)19-13-18-5-1-4-8-22(18)32-14-19)17-11-9-16(10-12-17)15-33-25-26-20-6-2-3-7-21(20)27-25/h1-12,19H,13-15H2,(H,26,27)(H,28,30)(H,29,31). The molecule has 2 amide bonds. The molecule has 166 valence electrons. The summed E-state index contributed by atoms with van der Waals surface area (Å²) in [5.74, 6) is 0.553. The van der Waals surface area contributed by atoms with Crippen molar-refractivity contribution in [1.82, 2.24) is 20.8 Å². The Morgan fingerprint density at radius 3 is 2.64 bits per heavy atom. The number of imidazole rings is 1. The minimum Gasteiger partial charge on any atom is -0.492 e. The molecule has 2 heterocycles. The maximum atomic E-state index is 12.5. The van der Waals surface area contributed by atoms with E-state index in [1.807, 2.05) is 60.7 Å². The van der Waals surface area contributed by atoms with Gasteiger partial charge in [-0.15, -0.1) is 0 Å². The molecule has 0 spiro atoms. The number of benzene rings is 3. The lowest BCUT2D eigenvalue weighted by Crippen LogP contribution is -2.47. The predicted octanol–water partition coefficient (Wildman–Crippen LogP) is 3.87. The third-order valence-corrected chi connectivity index (χ3v) is 6.45. The van der Waals surface area contributed by atoms with Crippen LogP contribution in [0.1, 0.15) is 21.5 Å². The average molecular weight is 459 g/mol. The number of nitrogens with one attached hydrogen (secondary N) is 3. The number of H-pyrrole nitrogens is 1. The number of hydrogen-bond acceptors (Lipinski definition) is 5. The zero-order valence-electron chi connectivity index (χ0n) is 17.7. The minimum absolute atomic E-state index is 0.267. The number of amides is 2. The largest absolute Gasteiger partial charge is 0.492 e. The van der Waals surface area contributed by atoms with Crippen molar-refractivity contribution in [3.8, 4) is 5.75 Å². The minimum atomic E-state index is -0.364. The number of thioether (sulfide) groups is 1. The molecule has 0 bridgehead atoms. The lowest BCUT2D eigenvalue weighted by Gasteiger charge is -2.24. The number of aromatic nitrogens is 2. The zero-order valence-corrected chi connectivity index (χ0v) is 18.5. The third-order valence-electron chi connectivity index (χ3n) is 5.51. The number of hydrogen-bond donors (Lipinski definition) is 3. The molecule has 0 aliphatic carbocycles. The van der Waals surface area contributed by atoms with E-state index in [1.165, 1.54) is 0 Å². The summed E-state index contributed by atoms with van der Waals surface area (Å²) in [5, 5.41) is 0.857. The number of carbonyl (C=O) groups is 2. The summed E-state index contributed by atoms with van der Waals surface area (Å²) in [7, 11) is 0. The first-order valence-electron chi connectivity index (χ1n) is 10.6. The number of nitrogens with zero attached hydrogens (tertiary/aromatic N) is 1. The smallest absolute Gasteiger partial charge is 0.269 e. The summed E-state index contributed by atoms with van der Waals surface area (Å²) < 4.78 is 5.65. The quantitative estimate of drug-likeness (QED) is 0.312. The highest BCUT2D eigenvalue weighted by Gasteiger charge is 2.26. The van der Waals surface area contributed by atoms with E-state index in [4.69, 9.17) is 4.74 Å². The molecule has 1 unspecified atom stereocenters. The fourth-order valence-electron chi connectivity index (χ4n) is 3.69. The lowest BCUT2D eigenvalue weighted by atomic mass is 9.96. The predicted molar refractivity (Wildman–Crippen MR) is 127 cm³/mol. The molecular formula is C25H22N4O3S. The maximum absolute atomic E-state index is 12.5. The number of para-hydroxylation sites is 3. The van der Waals surface area contributed by atoms with Crippen LogP contribution in [0.4, 0.5) is 0 Å². The van der Waals surface area contributed by atoms with Gasteiger partial charge in [0.05, 0.1) is 17.0 Å². The third kappa shape index (κ3) is 4.85. The van der Waals surface area contributed by atoms with Crippen LogP contribution in [-0.4, -0.2) is 28.4 Å². The molecule has 0 saturated heterocycles. The highest BCUT2D eigenvalue weighted by Crippen LogP contribution is 2.27. The molecule has 7 nitrogen and oxygen atoms in total. The van der Waals surface area contributed by atoms with Crippen LogP contribution in [0.25, 0.3) is 11.0 Å². The van der Waals surface area contributed by atoms with E-state index in [2.05, 4.69) is 20.8 Å². The van der Waals surface area contributed by atoms with E-state index in [0.29, 0.717) is 12.0 Å². The van der Waals surface area contributed by atoms with E-state index in [9.17, 15) is 9.59 Å². The van der Waals surface area contributed by atoms with E-state index in [-0.39, 0.29) is 24.3 Å². The molecule has 4 aromatic rings. The van der Waals surface area contributed by atoms with E-state index < -0.39 is 0 Å². The fourth-order valence-corrected chi connectivity index (χ4v) is 4.53. The Bertz CT molecular complexity index is 1270. The van der Waals surface area contributed by atoms with E-state index in [1.54, 1.807) is 23.9 Å². The molecule has 3 N–H and O–H groups in total. The van der Waals surface area contributed by atoms with Gasteiger partial charge < -0.3 is 9.72 Å². The molecule has 5 rings (SSSR count). The monoisotopic (exact) mass is 458 g/mol. The normalized spacial score (nSPS) is 14.8. The first-order valence-corrected chi connectivity index (χ1v) is 11.6. The van der Waals surface area contributed by atoms with Crippen LogP contribution in [-0.2, 0) is 17.0 Å². The van der Waals surface area contributed by atoms with Crippen LogP contribution in [0.3, 0.4) is 0 Å². The van der Waals surface area contributed by atoms with Crippen molar-refractivity contribution in [1.29, 1.82) is 0 Å². The lowest BCUT2D eigenvalue weighted by molar-refractivity contribution is -0.127. The SMILES string of the molecule is O=C(NNC(=O)C1COc2ccccc2C1)c1ccc(CSc2nc3ccccc3[nH]2)cc1. The second kappa shape index (κ2) is 9.38. The van der Waals surface area contributed by atoms with Crippen LogP contribution in [0, 0.1) is 5.92 Å². The summed E-state index contributed by atoms with van der Waals surface area (Å²) in [6.07, 6.45) is 0.579. The molecule has 33 heavy (non-hydrogen) atoms. The van der Waals surface area contributed by atoms with Gasteiger partial charge in [0, 0.05) is 11.3 Å². The highest BCUT2D eigenvalue weighted by molar-refractivity contribution is 7.98. The van der Waals surface area contributed by atoms with Crippen molar-refractivity contribution in [2.75, 3.05) is 6.61 Å². The van der Waals surface area contributed by atoms with Crippen molar-refractivity contribution >= 4 is 34.6 Å². The Balaban J connectivity index is 1.12. The molecule has 1 aliphatic rings. The second-order valence-electron chi connectivity index (χ2n) is 7.81. The van der Waals surface area contributed by atoms with Crippen LogP contribution in [0.5, 0.6) is 5.75 Å². The van der Waals surface area contributed by atoms with Crippen LogP contribution < -0.4 is 15.6 Å². The van der Waals surface area contributed by atoms with Gasteiger partial charge in [0.25, 0.3) is 5.91 Å². The number of ether oxygens (including phenoxy) is 1. The topological polar surface area (TPSA) is 96.1 Å². The fraction of sp³-hybridized carbons (Fsp3) is 0.160. The van der Waals surface area contributed by atoms with Crippen LogP contribution in [0.2, 0.25) is 0 Å². The van der Waals surface area contributed by atoms with Crippen molar-refractivity contribution in [2.24, 2.45) is 5.92 Å². The number of rotatable bonds is 5. The van der Waals surface area contributed by atoms with Gasteiger partial charge in [-0.25, -0.2) is 4.98 Å². The molecule has 8 heteroatoms. The van der Waals surface area contributed by atoms with Gasteiger partial charge in [-0.05, 0) is 47.9 Å². The van der Waals surface area contributed by atoms with Gasteiger partial charge in [-0.2, -0.15) is 0 Å². The molecule has 1 aliphatic heterocycles. The highest BCUT2D eigenvalue weighted by atomic mass is 32.2. The summed E-state index contributed by atoms with van der Waals surface area (Å²) in [5.41, 5.74) is 9.50. The number of hydrazine groups is 1. The molecule has 1 atom stereocenters. The Hall–Kier alpha value is -3.78. The molecule has 3 aromatic carbocycles. The van der Waals surface area contributed by atoms with Crippen molar-refractivity contribution in [3.05, 3.63) is 89.5 Å².